The molecule has 0 aromatic rings. The lowest BCUT2D eigenvalue weighted by Gasteiger charge is -2.29. The van der Waals surface area contributed by atoms with Crippen LogP contribution in [0.2, 0.25) is 0 Å². The van der Waals surface area contributed by atoms with Gasteiger partial charge in [0, 0.05) is 24.9 Å². The molecule has 0 aliphatic carbocycles. The van der Waals surface area contributed by atoms with E-state index in [1.807, 2.05) is 0 Å². The molecule has 2 aliphatic rings. The Labute approximate surface area is 137 Å². The van der Waals surface area contributed by atoms with E-state index >= 15 is 0 Å². The van der Waals surface area contributed by atoms with Crippen molar-refractivity contribution in [3.8, 4) is 0 Å². The number of piperidine rings is 1. The molecule has 0 aromatic heterocycles. The summed E-state index contributed by atoms with van der Waals surface area (Å²) in [6.07, 6.45) is 1.31. The average molecular weight is 347 g/mol. The molecule has 0 spiro atoms. The first-order valence-electron chi connectivity index (χ1n) is 7.24. The number of nitrogens with zero attached hydrogens (tertiary/aromatic N) is 1. The SMILES string of the molecule is CN1C2CCC1CC(=O)C2.COC(=O)C(O)(C(=O)O)C(O)C(=O)O. The van der Waals surface area contributed by atoms with E-state index in [4.69, 9.17) is 20.4 Å². The third kappa shape index (κ3) is 3.89. The van der Waals surface area contributed by atoms with Gasteiger partial charge in [-0.3, -0.25) is 9.69 Å². The van der Waals surface area contributed by atoms with Gasteiger partial charge >= 0.3 is 17.9 Å². The Morgan fingerprint density at radius 3 is 2.00 bits per heavy atom. The molecule has 4 unspecified atom stereocenters. The normalized spacial score (nSPS) is 26.6. The molecule has 24 heavy (non-hydrogen) atoms. The largest absolute Gasteiger partial charge is 0.479 e. The number of fused-ring (bicyclic) bond motifs is 2. The number of hydrogen-bond donors (Lipinski definition) is 4. The van der Waals surface area contributed by atoms with Crippen LogP contribution in [0.4, 0.5) is 0 Å². The fourth-order valence-corrected chi connectivity index (χ4v) is 2.84. The lowest BCUT2D eigenvalue weighted by Crippen LogP contribution is -2.59. The van der Waals surface area contributed by atoms with E-state index in [1.54, 1.807) is 0 Å². The molecule has 2 fully saturated rings. The van der Waals surface area contributed by atoms with Crippen LogP contribution in [-0.2, 0) is 23.9 Å². The van der Waals surface area contributed by atoms with E-state index < -0.39 is 29.6 Å². The van der Waals surface area contributed by atoms with Gasteiger partial charge in [-0.2, -0.15) is 0 Å². The number of carboxylic acid groups (broad SMARTS) is 2. The highest BCUT2D eigenvalue weighted by molar-refractivity contribution is 6.07. The lowest BCUT2D eigenvalue weighted by atomic mass is 9.97. The van der Waals surface area contributed by atoms with E-state index in [0.29, 0.717) is 17.9 Å². The number of esters is 1. The summed E-state index contributed by atoms with van der Waals surface area (Å²) in [6, 6.07) is 1.18. The quantitative estimate of drug-likeness (QED) is 0.338. The first kappa shape index (κ1) is 20.0. The van der Waals surface area contributed by atoms with Crippen LogP contribution < -0.4 is 0 Å². The number of aliphatic carboxylic acids is 2. The van der Waals surface area contributed by atoms with Crippen LogP contribution >= 0.6 is 0 Å². The number of carbonyl (C=O) groups excluding carboxylic acids is 2. The Hall–Kier alpha value is -2.04. The molecule has 136 valence electrons. The molecule has 2 aliphatic heterocycles. The maximum absolute atomic E-state index is 11.0. The summed E-state index contributed by atoms with van der Waals surface area (Å²) in [7, 11) is 2.89. The summed E-state index contributed by atoms with van der Waals surface area (Å²) in [4.78, 5) is 44.7. The topological polar surface area (TPSA) is 162 Å². The second-order valence-corrected chi connectivity index (χ2v) is 5.80. The van der Waals surface area contributed by atoms with E-state index in [0.717, 1.165) is 20.0 Å². The van der Waals surface area contributed by atoms with Gasteiger partial charge in [0.05, 0.1) is 7.11 Å². The standard InChI is InChI=1S/C8H13NO.C6H8O8/c1-9-6-2-3-7(9)5-8(10)4-6;1-14-5(12)6(13,4(10)11)2(7)3(8)9/h6-7H,2-5H2,1H3;2,7,13H,1H3,(H,8,9)(H,10,11). The third-order valence-electron chi connectivity index (χ3n) is 4.36. The van der Waals surface area contributed by atoms with Gasteiger partial charge in [-0.15, -0.1) is 0 Å². The average Bonchev–Trinajstić information content (AvgIpc) is 2.74. The Kier molecular flexibility index (Phi) is 6.41. The van der Waals surface area contributed by atoms with Crippen molar-refractivity contribution >= 4 is 23.7 Å². The van der Waals surface area contributed by atoms with Crippen molar-refractivity contribution in [2.75, 3.05) is 14.2 Å². The minimum Gasteiger partial charge on any atom is -0.479 e. The number of methoxy groups -OCH3 is 1. The number of aliphatic hydroxyl groups is 2. The summed E-state index contributed by atoms with van der Waals surface area (Å²) >= 11 is 0. The van der Waals surface area contributed by atoms with E-state index in [-0.39, 0.29) is 0 Å². The zero-order chi connectivity index (χ0) is 18.7. The Morgan fingerprint density at radius 2 is 1.67 bits per heavy atom. The fourth-order valence-electron chi connectivity index (χ4n) is 2.84. The predicted octanol–water partition coefficient (Wildman–Crippen LogP) is -1.77. The summed E-state index contributed by atoms with van der Waals surface area (Å²) in [5.41, 5.74) is -3.50. The Bertz CT molecular complexity index is 518. The highest BCUT2D eigenvalue weighted by Crippen LogP contribution is 2.31. The zero-order valence-electron chi connectivity index (χ0n) is 13.3. The molecule has 2 rings (SSSR count). The number of carbonyl (C=O) groups is 4. The molecular weight excluding hydrogens is 326 g/mol. The number of ether oxygens (including phenoxy) is 1. The Morgan fingerprint density at radius 1 is 1.21 bits per heavy atom. The highest BCUT2D eigenvalue weighted by Gasteiger charge is 2.55. The van der Waals surface area contributed by atoms with Gasteiger partial charge in [0.25, 0.3) is 5.60 Å². The molecule has 2 heterocycles. The second-order valence-electron chi connectivity index (χ2n) is 5.80. The van der Waals surface area contributed by atoms with Crippen molar-refractivity contribution in [3.63, 3.8) is 0 Å². The van der Waals surface area contributed by atoms with E-state index in [2.05, 4.69) is 16.7 Å². The molecular formula is C14H21NO9. The van der Waals surface area contributed by atoms with Gasteiger partial charge in [0.2, 0.25) is 6.10 Å². The van der Waals surface area contributed by atoms with Crippen LogP contribution in [-0.4, -0.2) is 87.0 Å². The lowest BCUT2D eigenvalue weighted by molar-refractivity contribution is -0.197. The van der Waals surface area contributed by atoms with E-state index in [1.165, 1.54) is 12.8 Å². The number of hydrogen-bond acceptors (Lipinski definition) is 8. The van der Waals surface area contributed by atoms with Gasteiger partial charge in [0.1, 0.15) is 5.78 Å². The molecule has 0 aromatic carbocycles. The van der Waals surface area contributed by atoms with Gasteiger partial charge in [0.15, 0.2) is 0 Å². The molecule has 2 saturated heterocycles. The van der Waals surface area contributed by atoms with Gasteiger partial charge < -0.3 is 25.2 Å². The summed E-state index contributed by atoms with van der Waals surface area (Å²) < 4.78 is 3.85. The molecule has 2 bridgehead atoms. The predicted molar refractivity (Wildman–Crippen MR) is 77.1 cm³/mol. The maximum Gasteiger partial charge on any atom is 0.353 e. The van der Waals surface area contributed by atoms with Crippen LogP contribution in [0.5, 0.6) is 0 Å². The number of Topliss-reactive ketones (excluding diaryl/α,β-unsaturated/α-hetero) is 1. The molecule has 4 atom stereocenters. The van der Waals surface area contributed by atoms with Crippen molar-refractivity contribution in [1.82, 2.24) is 4.90 Å². The first-order chi connectivity index (χ1) is 11.0. The molecule has 0 saturated carbocycles. The van der Waals surface area contributed by atoms with Crippen LogP contribution in [0.15, 0.2) is 0 Å². The zero-order valence-corrected chi connectivity index (χ0v) is 13.3. The number of aliphatic hydroxyl groups excluding tert-OH is 1. The van der Waals surface area contributed by atoms with Gasteiger partial charge in [-0.05, 0) is 19.9 Å². The van der Waals surface area contributed by atoms with Crippen molar-refractivity contribution in [2.45, 2.75) is 49.5 Å². The van der Waals surface area contributed by atoms with Crippen LogP contribution in [0.3, 0.4) is 0 Å². The van der Waals surface area contributed by atoms with Crippen molar-refractivity contribution < 1.29 is 44.3 Å². The van der Waals surface area contributed by atoms with Crippen molar-refractivity contribution in [3.05, 3.63) is 0 Å². The van der Waals surface area contributed by atoms with Crippen LogP contribution in [0, 0.1) is 0 Å². The van der Waals surface area contributed by atoms with Crippen molar-refractivity contribution in [2.24, 2.45) is 0 Å². The monoisotopic (exact) mass is 347 g/mol. The summed E-state index contributed by atoms with van der Waals surface area (Å²) in [6.45, 7) is 0. The summed E-state index contributed by atoms with van der Waals surface area (Å²) in [5.74, 6) is -5.55. The number of rotatable bonds is 4. The summed E-state index contributed by atoms with van der Waals surface area (Å²) in [5, 5.41) is 34.5. The molecule has 0 radical (unpaired) electrons. The van der Waals surface area contributed by atoms with E-state index in [9.17, 15) is 19.2 Å². The van der Waals surface area contributed by atoms with Crippen LogP contribution in [0.25, 0.3) is 0 Å². The number of ketones is 1. The maximum atomic E-state index is 11.0. The highest BCUT2D eigenvalue weighted by atomic mass is 16.6. The molecule has 10 nitrogen and oxygen atoms in total. The third-order valence-corrected chi connectivity index (χ3v) is 4.36. The Balaban J connectivity index is 0.000000250. The second kappa shape index (κ2) is 7.69. The number of carboxylic acids is 2. The van der Waals surface area contributed by atoms with Crippen molar-refractivity contribution in [1.29, 1.82) is 0 Å². The molecule has 4 N–H and O–H groups in total. The van der Waals surface area contributed by atoms with Gasteiger partial charge in [-0.1, -0.05) is 0 Å². The smallest absolute Gasteiger partial charge is 0.353 e. The molecule has 0 amide bonds. The fraction of sp³-hybridized carbons (Fsp3) is 0.714. The molecule has 10 heteroatoms. The first-order valence-corrected chi connectivity index (χ1v) is 7.24. The van der Waals surface area contributed by atoms with Crippen LogP contribution in [0.1, 0.15) is 25.7 Å². The van der Waals surface area contributed by atoms with Gasteiger partial charge in [-0.25, -0.2) is 14.4 Å². The minimum atomic E-state index is -3.50. The minimum absolute atomic E-state index is 0.477.